The summed E-state index contributed by atoms with van der Waals surface area (Å²) in [5.74, 6) is 0.250. The molecular weight excluding hydrogens is 176 g/mol. The molecule has 0 atom stereocenters. The smallest absolute Gasteiger partial charge is 0.262 e. The number of nitrogens with zero attached hydrogens (tertiary/aromatic N) is 1. The highest BCUT2D eigenvalue weighted by Crippen LogP contribution is 2.11. The van der Waals surface area contributed by atoms with Crippen molar-refractivity contribution in [2.45, 2.75) is 13.8 Å². The highest BCUT2D eigenvalue weighted by atomic mass is 32.2. The zero-order valence-corrected chi connectivity index (χ0v) is 8.52. The summed E-state index contributed by atoms with van der Waals surface area (Å²) >= 11 is 0. The lowest BCUT2D eigenvalue weighted by atomic mass is 10.4. The summed E-state index contributed by atoms with van der Waals surface area (Å²) in [6, 6.07) is 0. The van der Waals surface area contributed by atoms with Crippen LogP contribution in [0, 0.1) is 0 Å². The van der Waals surface area contributed by atoms with Crippen LogP contribution in [-0.2, 0) is 10.0 Å². The molecule has 1 fully saturated rings. The lowest BCUT2D eigenvalue weighted by Crippen LogP contribution is -2.60. The van der Waals surface area contributed by atoms with Crippen LogP contribution >= 0.6 is 0 Å². The summed E-state index contributed by atoms with van der Waals surface area (Å²) < 4.78 is 25.8. The van der Waals surface area contributed by atoms with Crippen LogP contribution in [0.25, 0.3) is 0 Å². The Morgan fingerprint density at radius 2 is 1.92 bits per heavy atom. The van der Waals surface area contributed by atoms with Crippen molar-refractivity contribution in [2.24, 2.45) is 0 Å². The van der Waals surface area contributed by atoms with Crippen LogP contribution in [0.2, 0.25) is 0 Å². The highest BCUT2D eigenvalue weighted by Gasteiger charge is 2.34. The van der Waals surface area contributed by atoms with Crippen molar-refractivity contribution >= 4 is 10.0 Å². The molecule has 1 rings (SSSR count). The molecule has 0 aliphatic carbocycles. The first-order chi connectivity index (χ1) is 5.54. The van der Waals surface area contributed by atoms with Gasteiger partial charge >= 0.3 is 0 Å². The minimum absolute atomic E-state index is 0.250. The third-order valence-electron chi connectivity index (χ3n) is 2.69. The van der Waals surface area contributed by atoms with Crippen LogP contribution in [0.1, 0.15) is 13.8 Å². The van der Waals surface area contributed by atoms with Gasteiger partial charge in [-0.2, -0.15) is 0 Å². The van der Waals surface area contributed by atoms with E-state index in [9.17, 15) is 8.42 Å². The van der Waals surface area contributed by atoms with E-state index in [4.69, 9.17) is 0 Å². The molecule has 1 aliphatic heterocycles. The molecule has 1 heterocycles. The predicted molar refractivity (Wildman–Crippen MR) is 48.0 cm³/mol. The Morgan fingerprint density at radius 3 is 2.25 bits per heavy atom. The standard InChI is InChI=1S/C7H17N2O2S/c1-3-9(4-2)6-5-8-12(10,11)7-9/h8H,3-7H2,1-2H3/q+1. The van der Waals surface area contributed by atoms with Gasteiger partial charge in [0.15, 0.2) is 5.88 Å². The van der Waals surface area contributed by atoms with Crippen molar-refractivity contribution in [1.82, 2.24) is 4.72 Å². The molecule has 0 amide bonds. The van der Waals surface area contributed by atoms with Crippen LogP contribution in [0.3, 0.4) is 0 Å². The monoisotopic (exact) mass is 193 g/mol. The summed E-state index contributed by atoms with van der Waals surface area (Å²) in [5, 5.41) is 0. The number of hydrogen-bond donors (Lipinski definition) is 1. The van der Waals surface area contributed by atoms with Crippen molar-refractivity contribution in [3.05, 3.63) is 0 Å². The second-order valence-corrected chi connectivity index (χ2v) is 5.11. The largest absolute Gasteiger partial charge is 0.309 e. The molecule has 4 nitrogen and oxygen atoms in total. The molecule has 0 spiro atoms. The number of hydrogen-bond acceptors (Lipinski definition) is 2. The predicted octanol–water partition coefficient (Wildman–Crippen LogP) is -0.266. The van der Waals surface area contributed by atoms with Gasteiger partial charge in [-0.1, -0.05) is 0 Å². The maximum atomic E-state index is 11.3. The van der Waals surface area contributed by atoms with Gasteiger partial charge in [0.05, 0.1) is 26.2 Å². The number of nitrogens with one attached hydrogen (secondary N) is 1. The van der Waals surface area contributed by atoms with E-state index in [1.54, 1.807) is 0 Å². The second-order valence-electron chi connectivity index (χ2n) is 3.34. The maximum absolute atomic E-state index is 11.3. The molecule has 0 bridgehead atoms. The molecule has 0 aromatic carbocycles. The number of sulfonamides is 1. The summed E-state index contributed by atoms with van der Waals surface area (Å²) in [6.45, 7) is 7.40. The SMILES string of the molecule is CC[N+]1(CC)CCNS(=O)(=O)C1. The molecule has 5 heteroatoms. The van der Waals surface area contributed by atoms with E-state index in [0.29, 0.717) is 11.0 Å². The number of likely N-dealkylation sites (N-methyl/N-ethyl adjacent to an activating group) is 1. The zero-order chi connectivity index (χ0) is 9.24. The van der Waals surface area contributed by atoms with Crippen LogP contribution in [0.15, 0.2) is 0 Å². The average Bonchev–Trinajstić information content (AvgIpc) is 2.02. The van der Waals surface area contributed by atoms with Gasteiger partial charge in [-0.3, -0.25) is 0 Å². The molecule has 1 N–H and O–H groups in total. The van der Waals surface area contributed by atoms with Crippen LogP contribution in [-0.4, -0.2) is 45.0 Å². The Kier molecular flexibility index (Phi) is 2.75. The van der Waals surface area contributed by atoms with Gasteiger partial charge in [0.1, 0.15) is 0 Å². The minimum atomic E-state index is -2.99. The Balaban J connectivity index is 2.79. The fraction of sp³-hybridized carbons (Fsp3) is 1.00. The van der Waals surface area contributed by atoms with E-state index in [0.717, 1.165) is 19.6 Å². The van der Waals surface area contributed by atoms with E-state index < -0.39 is 10.0 Å². The lowest BCUT2D eigenvalue weighted by Gasteiger charge is -2.39. The zero-order valence-electron chi connectivity index (χ0n) is 7.71. The average molecular weight is 193 g/mol. The summed E-state index contributed by atoms with van der Waals surface area (Å²) in [5.41, 5.74) is 0. The second kappa shape index (κ2) is 3.32. The third-order valence-corrected chi connectivity index (χ3v) is 4.23. The van der Waals surface area contributed by atoms with Crippen LogP contribution in [0.4, 0.5) is 0 Å². The molecule has 12 heavy (non-hydrogen) atoms. The van der Waals surface area contributed by atoms with E-state index in [-0.39, 0.29) is 5.88 Å². The molecule has 0 unspecified atom stereocenters. The lowest BCUT2D eigenvalue weighted by molar-refractivity contribution is -0.914. The minimum Gasteiger partial charge on any atom is -0.309 e. The van der Waals surface area contributed by atoms with Crippen molar-refractivity contribution in [3.63, 3.8) is 0 Å². The van der Waals surface area contributed by atoms with Gasteiger partial charge < -0.3 is 4.48 Å². The number of rotatable bonds is 2. The molecule has 0 saturated carbocycles. The third kappa shape index (κ3) is 1.97. The van der Waals surface area contributed by atoms with Crippen LogP contribution < -0.4 is 4.72 Å². The van der Waals surface area contributed by atoms with Gasteiger partial charge in [0.25, 0.3) is 10.0 Å². The maximum Gasteiger partial charge on any atom is 0.262 e. The molecular formula is C7H17N2O2S+. The molecule has 1 aliphatic rings. The Bertz CT molecular complexity index is 244. The first kappa shape index (κ1) is 9.95. The van der Waals surface area contributed by atoms with E-state index in [2.05, 4.69) is 4.72 Å². The first-order valence-corrected chi connectivity index (χ1v) is 6.01. The van der Waals surface area contributed by atoms with Crippen molar-refractivity contribution in [2.75, 3.05) is 32.1 Å². The molecule has 1 saturated heterocycles. The van der Waals surface area contributed by atoms with Crippen LogP contribution in [0.5, 0.6) is 0 Å². The quantitative estimate of drug-likeness (QED) is 0.614. The normalized spacial score (nSPS) is 26.8. The van der Waals surface area contributed by atoms with Crippen molar-refractivity contribution in [3.8, 4) is 0 Å². The molecule has 0 radical (unpaired) electrons. The number of quaternary nitrogens is 1. The van der Waals surface area contributed by atoms with Crippen molar-refractivity contribution < 1.29 is 12.9 Å². The fourth-order valence-corrected chi connectivity index (χ4v) is 3.34. The first-order valence-electron chi connectivity index (χ1n) is 4.36. The fourth-order valence-electron chi connectivity index (χ4n) is 1.63. The Morgan fingerprint density at radius 1 is 1.33 bits per heavy atom. The van der Waals surface area contributed by atoms with Gasteiger partial charge in [-0.05, 0) is 13.8 Å². The van der Waals surface area contributed by atoms with E-state index in [1.165, 1.54) is 0 Å². The topological polar surface area (TPSA) is 46.2 Å². The molecule has 72 valence electrons. The van der Waals surface area contributed by atoms with Gasteiger partial charge in [-0.25, -0.2) is 13.1 Å². The van der Waals surface area contributed by atoms with Gasteiger partial charge in [0, 0.05) is 0 Å². The molecule has 0 aromatic rings. The Hall–Kier alpha value is -0.130. The summed E-state index contributed by atoms with van der Waals surface area (Å²) in [4.78, 5) is 0. The van der Waals surface area contributed by atoms with E-state index >= 15 is 0 Å². The van der Waals surface area contributed by atoms with Gasteiger partial charge in [0.2, 0.25) is 0 Å². The molecule has 0 aromatic heterocycles. The van der Waals surface area contributed by atoms with Crippen molar-refractivity contribution in [1.29, 1.82) is 0 Å². The van der Waals surface area contributed by atoms with Gasteiger partial charge in [-0.15, -0.1) is 0 Å². The van der Waals surface area contributed by atoms with E-state index in [1.807, 2.05) is 13.8 Å². The summed E-state index contributed by atoms with van der Waals surface area (Å²) in [7, 11) is -2.99. The summed E-state index contributed by atoms with van der Waals surface area (Å²) in [6.07, 6.45) is 0. The highest BCUT2D eigenvalue weighted by molar-refractivity contribution is 7.89. The Labute approximate surface area is 74.2 Å².